The van der Waals surface area contributed by atoms with Gasteiger partial charge in [0, 0.05) is 37.0 Å². The molecule has 0 amide bonds. The van der Waals surface area contributed by atoms with Crippen molar-refractivity contribution in [3.8, 4) is 0 Å². The van der Waals surface area contributed by atoms with Crippen LogP contribution in [0, 0.1) is 11.3 Å². The van der Waals surface area contributed by atoms with Gasteiger partial charge in [-0.2, -0.15) is 0 Å². The van der Waals surface area contributed by atoms with Crippen molar-refractivity contribution < 1.29 is 28.6 Å². The van der Waals surface area contributed by atoms with Crippen LogP contribution in [-0.4, -0.2) is 49.1 Å². The summed E-state index contributed by atoms with van der Waals surface area (Å²) in [4.78, 5) is 36.5. The standard InChI is InChI=1S/C19H28O6/c1-18-9-7-15(21)17(14(18)5-6-16(18)22)23-12-13(20)4-3-8-19(2)24-10-11-25-19/h14,17H,3-12H2,1-2H3/t14?,17?,18-/m0/s1. The van der Waals surface area contributed by atoms with Gasteiger partial charge < -0.3 is 14.2 Å². The molecule has 2 saturated carbocycles. The molecule has 0 radical (unpaired) electrons. The van der Waals surface area contributed by atoms with Gasteiger partial charge in [0.15, 0.2) is 17.4 Å². The highest BCUT2D eigenvalue weighted by Gasteiger charge is 2.54. The molecular formula is C19H28O6. The first-order valence-electron chi connectivity index (χ1n) is 9.31. The lowest BCUT2D eigenvalue weighted by molar-refractivity contribution is -0.151. The predicted octanol–water partition coefficient (Wildman–Crippen LogP) is 2.22. The van der Waals surface area contributed by atoms with Gasteiger partial charge >= 0.3 is 0 Å². The molecule has 0 aromatic carbocycles. The zero-order valence-electron chi connectivity index (χ0n) is 15.2. The number of carbonyl (C=O) groups excluding carboxylic acids is 3. The zero-order valence-corrected chi connectivity index (χ0v) is 15.2. The van der Waals surface area contributed by atoms with Crippen molar-refractivity contribution in [2.75, 3.05) is 19.8 Å². The maximum atomic E-state index is 12.2. The van der Waals surface area contributed by atoms with E-state index in [4.69, 9.17) is 14.2 Å². The van der Waals surface area contributed by atoms with Crippen LogP contribution in [0.25, 0.3) is 0 Å². The third-order valence-corrected chi connectivity index (χ3v) is 6.12. The summed E-state index contributed by atoms with van der Waals surface area (Å²) >= 11 is 0. The molecule has 3 atom stereocenters. The molecule has 25 heavy (non-hydrogen) atoms. The van der Waals surface area contributed by atoms with E-state index >= 15 is 0 Å². The average molecular weight is 352 g/mol. The van der Waals surface area contributed by atoms with Gasteiger partial charge in [-0.25, -0.2) is 0 Å². The number of rotatable bonds is 7. The third-order valence-electron chi connectivity index (χ3n) is 6.12. The second-order valence-corrected chi connectivity index (χ2v) is 7.91. The molecule has 140 valence electrons. The third kappa shape index (κ3) is 3.86. The minimum Gasteiger partial charge on any atom is -0.362 e. The maximum absolute atomic E-state index is 12.2. The first-order chi connectivity index (χ1) is 11.8. The fourth-order valence-corrected chi connectivity index (χ4v) is 4.43. The minimum absolute atomic E-state index is 0.0222. The van der Waals surface area contributed by atoms with Crippen LogP contribution in [0.3, 0.4) is 0 Å². The highest BCUT2D eigenvalue weighted by molar-refractivity contribution is 5.93. The Morgan fingerprint density at radius 2 is 1.92 bits per heavy atom. The summed E-state index contributed by atoms with van der Waals surface area (Å²) in [5, 5.41) is 0. The number of ether oxygens (including phenoxy) is 3. The van der Waals surface area contributed by atoms with E-state index in [1.807, 2.05) is 13.8 Å². The molecule has 2 aliphatic carbocycles. The zero-order chi connectivity index (χ0) is 18.1. The summed E-state index contributed by atoms with van der Waals surface area (Å²) in [7, 11) is 0. The van der Waals surface area contributed by atoms with Gasteiger partial charge in [0.2, 0.25) is 0 Å². The second-order valence-electron chi connectivity index (χ2n) is 7.91. The molecule has 2 unspecified atom stereocenters. The Bertz CT molecular complexity index is 550. The van der Waals surface area contributed by atoms with E-state index in [1.165, 1.54) is 0 Å². The molecule has 0 N–H and O–H groups in total. The van der Waals surface area contributed by atoms with E-state index in [0.717, 1.165) is 0 Å². The molecule has 1 saturated heterocycles. The molecule has 0 aromatic heterocycles. The van der Waals surface area contributed by atoms with Crippen LogP contribution in [0.5, 0.6) is 0 Å². The summed E-state index contributed by atoms with van der Waals surface area (Å²) in [6, 6.07) is 0. The van der Waals surface area contributed by atoms with E-state index in [2.05, 4.69) is 0 Å². The Labute approximate surface area is 148 Å². The Balaban J connectivity index is 1.46. The van der Waals surface area contributed by atoms with E-state index in [0.29, 0.717) is 58.2 Å². The summed E-state index contributed by atoms with van der Waals surface area (Å²) in [6.45, 7) is 4.96. The highest BCUT2D eigenvalue weighted by atomic mass is 16.7. The molecule has 6 nitrogen and oxygen atoms in total. The van der Waals surface area contributed by atoms with Crippen LogP contribution < -0.4 is 0 Å². The van der Waals surface area contributed by atoms with Crippen LogP contribution in [0.1, 0.15) is 58.8 Å². The van der Waals surface area contributed by atoms with Gasteiger partial charge in [-0.1, -0.05) is 6.92 Å². The van der Waals surface area contributed by atoms with E-state index < -0.39 is 17.3 Å². The van der Waals surface area contributed by atoms with Crippen LogP contribution >= 0.6 is 0 Å². The summed E-state index contributed by atoms with van der Waals surface area (Å²) in [6.07, 6.45) is 3.28. The first-order valence-corrected chi connectivity index (χ1v) is 9.31. The van der Waals surface area contributed by atoms with E-state index in [-0.39, 0.29) is 29.9 Å². The van der Waals surface area contributed by atoms with Crippen LogP contribution in [0.15, 0.2) is 0 Å². The molecule has 0 spiro atoms. The van der Waals surface area contributed by atoms with Crippen molar-refractivity contribution in [2.24, 2.45) is 11.3 Å². The Kier molecular flexibility index (Phi) is 5.42. The number of fused-ring (bicyclic) bond motifs is 1. The lowest BCUT2D eigenvalue weighted by Crippen LogP contribution is -2.47. The smallest absolute Gasteiger partial charge is 0.165 e. The summed E-state index contributed by atoms with van der Waals surface area (Å²) in [5.74, 6) is -0.411. The quantitative estimate of drug-likeness (QED) is 0.699. The molecule has 0 bridgehead atoms. The van der Waals surface area contributed by atoms with Gasteiger partial charge in [0.1, 0.15) is 18.5 Å². The number of carbonyl (C=O) groups is 3. The van der Waals surface area contributed by atoms with Crippen LogP contribution in [0.4, 0.5) is 0 Å². The second kappa shape index (κ2) is 7.25. The number of Topliss-reactive ketones (excluding diaryl/α,β-unsaturated/α-hetero) is 3. The van der Waals surface area contributed by atoms with Crippen molar-refractivity contribution >= 4 is 17.3 Å². The van der Waals surface area contributed by atoms with Crippen molar-refractivity contribution in [3.63, 3.8) is 0 Å². The molecule has 1 heterocycles. The van der Waals surface area contributed by atoms with Gasteiger partial charge in [-0.05, 0) is 26.2 Å². The molecule has 3 rings (SSSR count). The first kappa shape index (κ1) is 18.7. The van der Waals surface area contributed by atoms with Crippen molar-refractivity contribution in [2.45, 2.75) is 70.7 Å². The van der Waals surface area contributed by atoms with E-state index in [9.17, 15) is 14.4 Å². The molecule has 0 aromatic rings. The molecule has 1 aliphatic heterocycles. The topological polar surface area (TPSA) is 78.9 Å². The van der Waals surface area contributed by atoms with Gasteiger partial charge in [0.25, 0.3) is 0 Å². The number of ketones is 3. The minimum atomic E-state index is -0.604. The van der Waals surface area contributed by atoms with Gasteiger partial charge in [-0.15, -0.1) is 0 Å². The lowest BCUT2D eigenvalue weighted by Gasteiger charge is -2.39. The predicted molar refractivity (Wildman–Crippen MR) is 89.0 cm³/mol. The average Bonchev–Trinajstić information content (AvgIpc) is 3.12. The Morgan fingerprint density at radius 1 is 1.20 bits per heavy atom. The molecule has 3 aliphatic rings. The monoisotopic (exact) mass is 352 g/mol. The molecule has 3 fully saturated rings. The summed E-state index contributed by atoms with van der Waals surface area (Å²) < 4.78 is 16.8. The van der Waals surface area contributed by atoms with Crippen molar-refractivity contribution in [3.05, 3.63) is 0 Å². The molecule has 6 heteroatoms. The SMILES string of the molecule is CC1(CCCC(=O)COC2C(=O)CC[C@]3(C)C(=O)CCC23)OCCO1. The van der Waals surface area contributed by atoms with Crippen molar-refractivity contribution in [1.29, 1.82) is 0 Å². The highest BCUT2D eigenvalue weighted by Crippen LogP contribution is 2.49. The molecular weight excluding hydrogens is 324 g/mol. The number of hydrogen-bond donors (Lipinski definition) is 0. The van der Waals surface area contributed by atoms with E-state index in [1.54, 1.807) is 0 Å². The normalized spacial score (nSPS) is 34.3. The van der Waals surface area contributed by atoms with Crippen LogP contribution in [0.2, 0.25) is 0 Å². The van der Waals surface area contributed by atoms with Gasteiger partial charge in [0.05, 0.1) is 13.2 Å². The maximum Gasteiger partial charge on any atom is 0.165 e. The fraction of sp³-hybridized carbons (Fsp3) is 0.842. The fourth-order valence-electron chi connectivity index (χ4n) is 4.43. The Hall–Kier alpha value is -1.11. The number of hydrogen-bond acceptors (Lipinski definition) is 6. The lowest BCUT2D eigenvalue weighted by atomic mass is 9.67. The summed E-state index contributed by atoms with van der Waals surface area (Å²) in [5.41, 5.74) is -0.451. The van der Waals surface area contributed by atoms with Gasteiger partial charge in [-0.3, -0.25) is 14.4 Å². The largest absolute Gasteiger partial charge is 0.362 e. The van der Waals surface area contributed by atoms with Crippen LogP contribution in [-0.2, 0) is 28.6 Å². The van der Waals surface area contributed by atoms with Crippen molar-refractivity contribution in [1.82, 2.24) is 0 Å². The Morgan fingerprint density at radius 3 is 2.64 bits per heavy atom.